The van der Waals surface area contributed by atoms with Crippen LogP contribution in [0.25, 0.3) is 15.0 Å². The molecule has 26 heavy (non-hydrogen) atoms. The van der Waals surface area contributed by atoms with Gasteiger partial charge in [-0.05, 0) is 10.4 Å². The van der Waals surface area contributed by atoms with E-state index in [4.69, 9.17) is 9.47 Å². The summed E-state index contributed by atoms with van der Waals surface area (Å²) in [5, 5.41) is 15.3. The van der Waals surface area contributed by atoms with Crippen LogP contribution in [0, 0.1) is 0 Å². The quantitative estimate of drug-likeness (QED) is 0.533. The molecule has 2 N–H and O–H groups in total. The number of aromatic nitrogens is 6. The number of fused-ring (bicyclic) bond motifs is 3. The molecule has 4 aromatic rings. The van der Waals surface area contributed by atoms with Crippen LogP contribution in [-0.2, 0) is 0 Å². The van der Waals surface area contributed by atoms with Crippen molar-refractivity contribution in [3.8, 4) is 11.5 Å². The van der Waals surface area contributed by atoms with E-state index >= 15 is 0 Å². The number of carbonyl (C=O) groups excluding carboxylic acids is 1. The van der Waals surface area contributed by atoms with Crippen LogP contribution < -0.4 is 20.5 Å². The molecule has 0 aliphatic heterocycles. The Bertz CT molecular complexity index is 1180. The van der Waals surface area contributed by atoms with Crippen molar-refractivity contribution < 1.29 is 14.3 Å². The Morgan fingerprint density at radius 3 is 2.73 bits per heavy atom. The zero-order chi connectivity index (χ0) is 18.3. The number of rotatable bonds is 4. The maximum absolute atomic E-state index is 12.5. The molecule has 0 aliphatic carbocycles. The molecule has 0 saturated carbocycles. The molecule has 1 aromatic carbocycles. The highest BCUT2D eigenvalue weighted by atomic mass is 32.1. The predicted octanol–water partition coefficient (Wildman–Crippen LogP) is 0.692. The molecule has 4 rings (SSSR count). The van der Waals surface area contributed by atoms with E-state index in [0.717, 1.165) is 4.70 Å². The summed E-state index contributed by atoms with van der Waals surface area (Å²) >= 11 is 1.26. The molecule has 0 bridgehead atoms. The van der Waals surface area contributed by atoms with Gasteiger partial charge in [-0.3, -0.25) is 10.1 Å². The molecule has 0 fully saturated rings. The SMILES string of the molecule is COc1cc2sc3c(C(=O)Nc4nnn[nH]4)cnc(=O)n3c2cc1OC. The molecule has 0 saturated heterocycles. The first kappa shape index (κ1) is 16.0. The fraction of sp³-hybridized carbons (Fsp3) is 0.143. The molecular formula is C14H11N7O4S. The minimum Gasteiger partial charge on any atom is -0.493 e. The summed E-state index contributed by atoms with van der Waals surface area (Å²) in [6, 6.07) is 3.41. The molecule has 0 radical (unpaired) electrons. The van der Waals surface area contributed by atoms with Gasteiger partial charge in [-0.2, -0.15) is 0 Å². The first-order chi connectivity index (χ1) is 12.6. The Morgan fingerprint density at radius 2 is 2.04 bits per heavy atom. The number of H-pyrrole nitrogens is 1. The largest absolute Gasteiger partial charge is 0.493 e. The zero-order valence-corrected chi connectivity index (χ0v) is 14.3. The number of methoxy groups -OCH3 is 2. The van der Waals surface area contributed by atoms with Crippen molar-refractivity contribution in [3.05, 3.63) is 34.4 Å². The minimum absolute atomic E-state index is 0.0869. The van der Waals surface area contributed by atoms with Crippen molar-refractivity contribution in [2.24, 2.45) is 0 Å². The maximum Gasteiger partial charge on any atom is 0.353 e. The van der Waals surface area contributed by atoms with Gasteiger partial charge in [-0.25, -0.2) is 19.3 Å². The molecule has 132 valence electrons. The van der Waals surface area contributed by atoms with E-state index in [2.05, 4.69) is 30.9 Å². The summed E-state index contributed by atoms with van der Waals surface area (Å²) in [4.78, 5) is 29.1. The van der Waals surface area contributed by atoms with Crippen molar-refractivity contribution in [2.75, 3.05) is 19.5 Å². The molecule has 3 aromatic heterocycles. The lowest BCUT2D eigenvalue weighted by Gasteiger charge is -2.07. The fourth-order valence-electron chi connectivity index (χ4n) is 2.51. The summed E-state index contributed by atoms with van der Waals surface area (Å²) in [6.45, 7) is 0. The molecule has 11 nitrogen and oxygen atoms in total. The number of hydrogen-bond acceptors (Lipinski definition) is 9. The summed E-state index contributed by atoms with van der Waals surface area (Å²) in [6.07, 6.45) is 1.22. The summed E-state index contributed by atoms with van der Waals surface area (Å²) in [5.41, 5.74) is 0.271. The van der Waals surface area contributed by atoms with Gasteiger partial charge >= 0.3 is 5.69 Å². The molecule has 12 heteroatoms. The van der Waals surface area contributed by atoms with Crippen LogP contribution in [0.3, 0.4) is 0 Å². The first-order valence-corrected chi connectivity index (χ1v) is 8.05. The Hall–Kier alpha value is -3.54. The Labute approximate surface area is 148 Å². The summed E-state index contributed by atoms with van der Waals surface area (Å²) in [5.74, 6) is 0.573. The number of aromatic amines is 1. The van der Waals surface area contributed by atoms with E-state index < -0.39 is 11.6 Å². The third-order valence-corrected chi connectivity index (χ3v) is 4.81. The van der Waals surface area contributed by atoms with Crippen molar-refractivity contribution in [1.29, 1.82) is 0 Å². The van der Waals surface area contributed by atoms with Gasteiger partial charge in [-0.1, -0.05) is 5.10 Å². The van der Waals surface area contributed by atoms with Crippen LogP contribution in [0.15, 0.2) is 23.1 Å². The number of tetrazole rings is 1. The molecular weight excluding hydrogens is 362 g/mol. The van der Waals surface area contributed by atoms with Gasteiger partial charge in [0.25, 0.3) is 5.91 Å². The van der Waals surface area contributed by atoms with E-state index in [1.165, 1.54) is 36.2 Å². The second-order valence-electron chi connectivity index (χ2n) is 5.08. The smallest absolute Gasteiger partial charge is 0.353 e. The molecule has 3 heterocycles. The monoisotopic (exact) mass is 373 g/mol. The lowest BCUT2D eigenvalue weighted by atomic mass is 10.3. The summed E-state index contributed by atoms with van der Waals surface area (Å²) in [7, 11) is 3.03. The van der Waals surface area contributed by atoms with Crippen LogP contribution in [-0.4, -0.2) is 50.1 Å². The molecule has 0 atom stereocenters. The van der Waals surface area contributed by atoms with Crippen molar-refractivity contribution in [1.82, 2.24) is 30.0 Å². The number of anilines is 1. The van der Waals surface area contributed by atoms with Gasteiger partial charge in [0.05, 0.1) is 30.0 Å². The van der Waals surface area contributed by atoms with Crippen molar-refractivity contribution in [3.63, 3.8) is 0 Å². The van der Waals surface area contributed by atoms with E-state index in [1.807, 2.05) is 0 Å². The number of ether oxygens (including phenoxy) is 2. The van der Waals surface area contributed by atoms with Gasteiger partial charge in [0.1, 0.15) is 4.83 Å². The highest BCUT2D eigenvalue weighted by Crippen LogP contribution is 2.36. The standard InChI is InChI=1S/C14H11N7O4S/c1-24-8-3-7-10(4-9(8)25-2)26-12-6(5-15-14(23)21(7)12)11(22)16-13-17-19-20-18-13/h3-5H,1-2H3,(H2,16,17,18,19,20,22). The number of carbonyl (C=O) groups is 1. The van der Waals surface area contributed by atoms with Gasteiger partial charge in [0, 0.05) is 18.3 Å². The number of benzene rings is 1. The highest BCUT2D eigenvalue weighted by Gasteiger charge is 2.19. The molecule has 0 unspecified atom stereocenters. The number of thiazole rings is 1. The average molecular weight is 373 g/mol. The van der Waals surface area contributed by atoms with Crippen LogP contribution in [0.1, 0.15) is 10.4 Å². The first-order valence-electron chi connectivity index (χ1n) is 7.23. The van der Waals surface area contributed by atoms with Gasteiger partial charge in [-0.15, -0.1) is 11.3 Å². The van der Waals surface area contributed by atoms with E-state index in [0.29, 0.717) is 21.8 Å². The van der Waals surface area contributed by atoms with Crippen LogP contribution in [0.2, 0.25) is 0 Å². The second kappa shape index (κ2) is 6.07. The van der Waals surface area contributed by atoms with Crippen molar-refractivity contribution in [2.45, 2.75) is 0 Å². The second-order valence-corrected chi connectivity index (χ2v) is 6.11. The number of nitrogens with one attached hydrogen (secondary N) is 2. The lowest BCUT2D eigenvalue weighted by molar-refractivity contribution is 0.102. The number of amides is 1. The highest BCUT2D eigenvalue weighted by molar-refractivity contribution is 7.24. The minimum atomic E-state index is -0.503. The Kier molecular flexibility index (Phi) is 3.73. The average Bonchev–Trinajstić information content (AvgIpc) is 3.27. The maximum atomic E-state index is 12.5. The van der Waals surface area contributed by atoms with Gasteiger partial charge in [0.15, 0.2) is 11.5 Å². The fourth-order valence-corrected chi connectivity index (χ4v) is 3.66. The molecule has 0 aliphatic rings. The van der Waals surface area contributed by atoms with E-state index in [-0.39, 0.29) is 11.5 Å². The molecule has 0 spiro atoms. The van der Waals surface area contributed by atoms with Crippen LogP contribution in [0.5, 0.6) is 11.5 Å². The normalized spacial score (nSPS) is 11.0. The predicted molar refractivity (Wildman–Crippen MR) is 92.1 cm³/mol. The number of nitrogens with zero attached hydrogens (tertiary/aromatic N) is 5. The molecule has 1 amide bonds. The summed E-state index contributed by atoms with van der Waals surface area (Å²) < 4.78 is 12.7. The Balaban J connectivity index is 1.94. The van der Waals surface area contributed by atoms with Gasteiger partial charge in [0.2, 0.25) is 5.95 Å². The van der Waals surface area contributed by atoms with Crippen LogP contribution in [0.4, 0.5) is 5.95 Å². The van der Waals surface area contributed by atoms with E-state index in [1.54, 1.807) is 12.1 Å². The van der Waals surface area contributed by atoms with Gasteiger partial charge < -0.3 is 9.47 Å². The third-order valence-electron chi connectivity index (χ3n) is 3.66. The van der Waals surface area contributed by atoms with Crippen molar-refractivity contribution >= 4 is 38.2 Å². The Morgan fingerprint density at radius 1 is 1.27 bits per heavy atom. The zero-order valence-electron chi connectivity index (χ0n) is 13.5. The number of hydrogen-bond donors (Lipinski definition) is 2. The van der Waals surface area contributed by atoms with Crippen LogP contribution >= 0.6 is 11.3 Å². The lowest BCUT2D eigenvalue weighted by Crippen LogP contribution is -2.21. The van der Waals surface area contributed by atoms with E-state index in [9.17, 15) is 9.59 Å². The third kappa shape index (κ3) is 2.43. The topological polar surface area (TPSA) is 136 Å².